The van der Waals surface area contributed by atoms with Gasteiger partial charge in [0.1, 0.15) is 11.4 Å². The Balaban J connectivity index is 1.82. The standard InChI is InChI=1S/C22H18Cl2N4O2/c1-3-28-20-13(11-16(21(28)29)19-17(23)5-4-6-18(19)24)12-25-22(27-20)26-14-7-9-15(30-2)10-8-14/h4-12H,3H2,1-2H3,(H,25,26,27). The zero-order valence-corrected chi connectivity index (χ0v) is 17.8. The monoisotopic (exact) mass is 440 g/mol. The van der Waals surface area contributed by atoms with E-state index in [0.29, 0.717) is 44.7 Å². The second-order valence-corrected chi connectivity index (χ2v) is 7.34. The number of nitrogens with zero attached hydrogens (tertiary/aromatic N) is 3. The van der Waals surface area contributed by atoms with Crippen molar-refractivity contribution in [3.05, 3.63) is 75.1 Å². The van der Waals surface area contributed by atoms with Crippen molar-refractivity contribution in [2.45, 2.75) is 13.5 Å². The Morgan fingerprint density at radius 1 is 1.10 bits per heavy atom. The SMILES string of the molecule is CCn1c(=O)c(-c2c(Cl)cccc2Cl)cc2cnc(Nc3ccc(OC)cc3)nc21. The molecule has 6 nitrogen and oxygen atoms in total. The molecular weight excluding hydrogens is 423 g/mol. The van der Waals surface area contributed by atoms with E-state index in [0.717, 1.165) is 11.4 Å². The van der Waals surface area contributed by atoms with Crippen molar-refractivity contribution in [1.29, 1.82) is 0 Å². The van der Waals surface area contributed by atoms with Gasteiger partial charge in [-0.1, -0.05) is 29.3 Å². The Morgan fingerprint density at radius 3 is 2.43 bits per heavy atom. The summed E-state index contributed by atoms with van der Waals surface area (Å²) in [7, 11) is 1.61. The number of rotatable bonds is 5. The molecule has 0 fully saturated rings. The van der Waals surface area contributed by atoms with E-state index in [2.05, 4.69) is 15.3 Å². The number of ether oxygens (including phenoxy) is 1. The highest BCUT2D eigenvalue weighted by Gasteiger charge is 2.17. The Bertz CT molecular complexity index is 1270. The van der Waals surface area contributed by atoms with Gasteiger partial charge < -0.3 is 10.1 Å². The van der Waals surface area contributed by atoms with Crippen molar-refractivity contribution in [3.8, 4) is 16.9 Å². The van der Waals surface area contributed by atoms with Crippen LogP contribution in [0.15, 0.2) is 59.5 Å². The van der Waals surface area contributed by atoms with Gasteiger partial charge in [0.25, 0.3) is 5.56 Å². The van der Waals surface area contributed by atoms with Crippen molar-refractivity contribution in [3.63, 3.8) is 0 Å². The molecule has 0 unspecified atom stereocenters. The number of benzene rings is 2. The molecule has 0 atom stereocenters. The molecule has 0 aliphatic rings. The van der Waals surface area contributed by atoms with Gasteiger partial charge >= 0.3 is 0 Å². The van der Waals surface area contributed by atoms with Crippen LogP contribution in [0.5, 0.6) is 5.75 Å². The number of hydrogen-bond acceptors (Lipinski definition) is 5. The molecule has 0 aliphatic carbocycles. The molecule has 0 radical (unpaired) electrons. The fourth-order valence-corrected chi connectivity index (χ4v) is 3.85. The number of hydrogen-bond donors (Lipinski definition) is 1. The van der Waals surface area contributed by atoms with Gasteiger partial charge in [-0.3, -0.25) is 9.36 Å². The Morgan fingerprint density at radius 2 is 1.80 bits per heavy atom. The molecule has 30 heavy (non-hydrogen) atoms. The summed E-state index contributed by atoms with van der Waals surface area (Å²) >= 11 is 12.7. The Labute approximate surface area is 183 Å². The van der Waals surface area contributed by atoms with Crippen LogP contribution in [0.3, 0.4) is 0 Å². The summed E-state index contributed by atoms with van der Waals surface area (Å²) in [5.41, 5.74) is 2.05. The minimum absolute atomic E-state index is 0.214. The summed E-state index contributed by atoms with van der Waals surface area (Å²) in [5, 5.41) is 4.69. The first kappa shape index (κ1) is 20.2. The van der Waals surface area contributed by atoms with E-state index in [4.69, 9.17) is 27.9 Å². The number of halogens is 2. The molecule has 2 heterocycles. The molecule has 0 aliphatic heterocycles. The van der Waals surface area contributed by atoms with Gasteiger partial charge in [-0.05, 0) is 49.4 Å². The summed E-state index contributed by atoms with van der Waals surface area (Å²) < 4.78 is 6.76. The number of anilines is 2. The average Bonchev–Trinajstić information content (AvgIpc) is 2.75. The number of nitrogens with one attached hydrogen (secondary N) is 1. The van der Waals surface area contributed by atoms with Gasteiger partial charge in [0.05, 0.1) is 22.7 Å². The second-order valence-electron chi connectivity index (χ2n) is 6.53. The van der Waals surface area contributed by atoms with Crippen molar-refractivity contribution in [2.24, 2.45) is 0 Å². The van der Waals surface area contributed by atoms with E-state index < -0.39 is 0 Å². The van der Waals surface area contributed by atoms with Gasteiger partial charge in [0.15, 0.2) is 0 Å². The van der Waals surface area contributed by atoms with Crippen molar-refractivity contribution < 1.29 is 4.74 Å². The average molecular weight is 441 g/mol. The third-order valence-corrected chi connectivity index (χ3v) is 5.35. The van der Waals surface area contributed by atoms with Crippen molar-refractivity contribution in [2.75, 3.05) is 12.4 Å². The van der Waals surface area contributed by atoms with Crippen LogP contribution in [0.25, 0.3) is 22.2 Å². The van der Waals surface area contributed by atoms with Gasteiger partial charge in [-0.2, -0.15) is 4.98 Å². The van der Waals surface area contributed by atoms with Crippen LogP contribution in [-0.4, -0.2) is 21.6 Å². The third-order valence-electron chi connectivity index (χ3n) is 4.72. The van der Waals surface area contributed by atoms with E-state index in [1.54, 1.807) is 42.1 Å². The molecule has 0 spiro atoms. The molecule has 4 aromatic rings. The first-order valence-corrected chi connectivity index (χ1v) is 10.0. The fourth-order valence-electron chi connectivity index (χ4n) is 3.25. The number of methoxy groups -OCH3 is 1. The number of aryl methyl sites for hydroxylation is 1. The molecule has 152 valence electrons. The second kappa shape index (κ2) is 8.34. The predicted octanol–water partition coefficient (Wildman–Crippen LogP) is 5.54. The van der Waals surface area contributed by atoms with Crippen LogP contribution in [0.4, 0.5) is 11.6 Å². The summed E-state index contributed by atoms with van der Waals surface area (Å²) in [6, 6.07) is 14.3. The highest BCUT2D eigenvalue weighted by atomic mass is 35.5. The molecule has 2 aromatic carbocycles. The maximum atomic E-state index is 13.2. The minimum Gasteiger partial charge on any atom is -0.497 e. The van der Waals surface area contributed by atoms with Crippen LogP contribution in [0.2, 0.25) is 10.0 Å². The summed E-state index contributed by atoms with van der Waals surface area (Å²) in [5.74, 6) is 1.14. The lowest BCUT2D eigenvalue weighted by atomic mass is 10.1. The Kier molecular flexibility index (Phi) is 5.61. The normalized spacial score (nSPS) is 10.9. The molecule has 0 saturated carbocycles. The molecule has 4 rings (SSSR count). The summed E-state index contributed by atoms with van der Waals surface area (Å²) in [6.45, 7) is 2.32. The van der Waals surface area contributed by atoms with E-state index in [1.165, 1.54) is 0 Å². The predicted molar refractivity (Wildman–Crippen MR) is 121 cm³/mol. The van der Waals surface area contributed by atoms with Crippen LogP contribution in [-0.2, 0) is 6.54 Å². The number of aromatic nitrogens is 3. The number of pyridine rings is 1. The van der Waals surface area contributed by atoms with E-state index in [-0.39, 0.29) is 5.56 Å². The smallest absolute Gasteiger partial charge is 0.260 e. The lowest BCUT2D eigenvalue weighted by Gasteiger charge is -2.13. The van der Waals surface area contributed by atoms with Crippen LogP contribution in [0, 0.1) is 0 Å². The van der Waals surface area contributed by atoms with E-state index in [1.807, 2.05) is 31.2 Å². The first-order valence-electron chi connectivity index (χ1n) is 9.28. The van der Waals surface area contributed by atoms with Crippen LogP contribution < -0.4 is 15.6 Å². The largest absolute Gasteiger partial charge is 0.497 e. The molecule has 1 N–H and O–H groups in total. The third kappa shape index (κ3) is 3.72. The maximum Gasteiger partial charge on any atom is 0.260 e. The summed E-state index contributed by atoms with van der Waals surface area (Å²) in [6.07, 6.45) is 1.67. The highest BCUT2D eigenvalue weighted by Crippen LogP contribution is 2.34. The van der Waals surface area contributed by atoms with E-state index >= 15 is 0 Å². The van der Waals surface area contributed by atoms with E-state index in [9.17, 15) is 4.79 Å². The molecule has 0 saturated heterocycles. The number of fused-ring (bicyclic) bond motifs is 1. The van der Waals surface area contributed by atoms with Crippen molar-refractivity contribution in [1.82, 2.24) is 14.5 Å². The van der Waals surface area contributed by atoms with Gasteiger partial charge in [-0.25, -0.2) is 4.98 Å². The summed E-state index contributed by atoms with van der Waals surface area (Å²) in [4.78, 5) is 22.2. The van der Waals surface area contributed by atoms with Gasteiger partial charge in [0.2, 0.25) is 5.95 Å². The first-order chi connectivity index (χ1) is 14.5. The molecule has 0 amide bonds. The zero-order valence-electron chi connectivity index (χ0n) is 16.3. The molecule has 8 heteroatoms. The lowest BCUT2D eigenvalue weighted by molar-refractivity contribution is 0.415. The minimum atomic E-state index is -0.214. The molecule has 2 aromatic heterocycles. The van der Waals surface area contributed by atoms with Gasteiger partial charge in [-0.15, -0.1) is 0 Å². The quantitative estimate of drug-likeness (QED) is 0.441. The van der Waals surface area contributed by atoms with Crippen molar-refractivity contribution >= 4 is 45.9 Å². The zero-order chi connectivity index (χ0) is 21.3. The lowest BCUT2D eigenvalue weighted by Crippen LogP contribution is -2.22. The van der Waals surface area contributed by atoms with Gasteiger partial charge in [0, 0.05) is 29.4 Å². The fraction of sp³-hybridized carbons (Fsp3) is 0.136. The topological polar surface area (TPSA) is 69.0 Å². The maximum absolute atomic E-state index is 13.2. The highest BCUT2D eigenvalue weighted by molar-refractivity contribution is 6.39. The van der Waals surface area contributed by atoms with Crippen LogP contribution >= 0.6 is 23.2 Å². The Hall–Kier alpha value is -3.09. The molecular formula is C22H18Cl2N4O2. The van der Waals surface area contributed by atoms with Crippen LogP contribution in [0.1, 0.15) is 6.92 Å². The molecule has 0 bridgehead atoms.